The smallest absolute Gasteiger partial charge is 0.326 e. The summed E-state index contributed by atoms with van der Waals surface area (Å²) >= 11 is 0. The van der Waals surface area contributed by atoms with Crippen LogP contribution in [0.15, 0.2) is 59.8 Å². The Morgan fingerprint density at radius 3 is 2.03 bits per heavy atom. The monoisotopic (exact) mass is 492 g/mol. The number of allylic oxidation sites excluding steroid dienone is 1. The molecule has 0 unspecified atom stereocenters. The fourth-order valence-electron chi connectivity index (χ4n) is 4.61. The van der Waals surface area contributed by atoms with Crippen LogP contribution in [0.4, 0.5) is 22.0 Å². The second kappa shape index (κ2) is 8.28. The number of hydrogen-bond donors (Lipinski definition) is 1. The van der Waals surface area contributed by atoms with Gasteiger partial charge in [0.25, 0.3) is 11.8 Å². The number of nitrogens with one attached hydrogen (secondary N) is 1. The number of halogens is 5. The highest BCUT2D eigenvalue weighted by Gasteiger charge is 2.71. The standard InChI is InChI=1S/C25H21F5N2O3/c1-23(2)11-18-20(19(33)12-23)24(25(28,29)30,31-21(34)15-5-9-17(27)10-6-15)22(35)32(18)13-14-3-7-16(26)8-4-14/h3-10H,11-13H2,1-2H3,(H,31,34)/t24-/m1/s1. The maximum atomic E-state index is 14.8. The van der Waals surface area contributed by atoms with E-state index in [1.165, 1.54) is 12.1 Å². The highest BCUT2D eigenvalue weighted by Crippen LogP contribution is 2.52. The molecule has 0 aromatic heterocycles. The molecule has 1 aliphatic carbocycles. The molecule has 2 amide bonds. The van der Waals surface area contributed by atoms with Crippen LogP contribution in [0.5, 0.6) is 0 Å². The molecule has 2 aromatic rings. The van der Waals surface area contributed by atoms with Crippen molar-refractivity contribution >= 4 is 17.6 Å². The number of hydrogen-bond acceptors (Lipinski definition) is 3. The van der Waals surface area contributed by atoms with Crippen molar-refractivity contribution in [3.8, 4) is 0 Å². The Balaban J connectivity index is 1.86. The third-order valence-electron chi connectivity index (χ3n) is 6.21. The minimum atomic E-state index is -5.37. The fraction of sp³-hybridized carbons (Fsp3) is 0.320. The van der Waals surface area contributed by atoms with Crippen LogP contribution >= 0.6 is 0 Å². The molecular weight excluding hydrogens is 471 g/mol. The van der Waals surface area contributed by atoms with Gasteiger partial charge in [-0.25, -0.2) is 8.78 Å². The number of ketones is 1. The lowest BCUT2D eigenvalue weighted by molar-refractivity contribution is -0.190. The van der Waals surface area contributed by atoms with E-state index < -0.39 is 51.9 Å². The van der Waals surface area contributed by atoms with Gasteiger partial charge in [0.15, 0.2) is 5.78 Å². The summed E-state index contributed by atoms with van der Waals surface area (Å²) in [5, 5.41) is 1.78. The molecule has 10 heteroatoms. The molecule has 2 aliphatic rings. The Hall–Kier alpha value is -3.56. The zero-order valence-electron chi connectivity index (χ0n) is 18.8. The molecular formula is C25H21F5N2O3. The number of nitrogens with zero attached hydrogens (tertiary/aromatic N) is 1. The number of carbonyl (C=O) groups excluding carboxylic acids is 3. The van der Waals surface area contributed by atoms with Crippen molar-refractivity contribution < 1.29 is 36.3 Å². The molecule has 0 radical (unpaired) electrons. The zero-order valence-corrected chi connectivity index (χ0v) is 18.8. The van der Waals surface area contributed by atoms with Gasteiger partial charge in [0, 0.05) is 17.7 Å². The number of rotatable bonds is 4. The molecule has 4 rings (SSSR count). The van der Waals surface area contributed by atoms with E-state index in [-0.39, 0.29) is 30.6 Å². The van der Waals surface area contributed by atoms with Gasteiger partial charge in [-0.2, -0.15) is 13.2 Å². The summed E-state index contributed by atoms with van der Waals surface area (Å²) in [6.07, 6.45) is -5.64. The molecule has 5 nitrogen and oxygen atoms in total. The van der Waals surface area contributed by atoms with Crippen molar-refractivity contribution in [2.24, 2.45) is 5.41 Å². The summed E-state index contributed by atoms with van der Waals surface area (Å²) in [7, 11) is 0. The van der Waals surface area contributed by atoms with Crippen molar-refractivity contribution in [2.75, 3.05) is 0 Å². The normalized spacial score (nSPS) is 21.9. The molecule has 0 fully saturated rings. The fourth-order valence-corrected chi connectivity index (χ4v) is 4.61. The lowest BCUT2D eigenvalue weighted by atomic mass is 9.72. The van der Waals surface area contributed by atoms with E-state index >= 15 is 0 Å². The first-order valence-electron chi connectivity index (χ1n) is 10.7. The molecule has 2 aromatic carbocycles. The molecule has 184 valence electrons. The van der Waals surface area contributed by atoms with Gasteiger partial charge in [-0.1, -0.05) is 26.0 Å². The van der Waals surface area contributed by atoms with Gasteiger partial charge >= 0.3 is 6.18 Å². The summed E-state index contributed by atoms with van der Waals surface area (Å²) in [5.41, 5.74) is -5.26. The van der Waals surface area contributed by atoms with Crippen molar-refractivity contribution in [3.63, 3.8) is 0 Å². The minimum Gasteiger partial charge on any atom is -0.326 e. The Morgan fingerprint density at radius 1 is 0.943 bits per heavy atom. The molecule has 1 atom stereocenters. The number of carbonyl (C=O) groups is 3. The first-order chi connectivity index (χ1) is 16.2. The highest BCUT2D eigenvalue weighted by molar-refractivity contribution is 6.14. The van der Waals surface area contributed by atoms with Gasteiger partial charge < -0.3 is 10.2 Å². The molecule has 0 spiro atoms. The lowest BCUT2D eigenvalue weighted by Gasteiger charge is -2.35. The number of alkyl halides is 3. The average Bonchev–Trinajstić information content (AvgIpc) is 2.98. The number of Topliss-reactive ketones (excluding diaryl/α,β-unsaturated/α-hetero) is 1. The second-order valence-corrected chi connectivity index (χ2v) is 9.49. The van der Waals surface area contributed by atoms with E-state index in [9.17, 15) is 36.3 Å². The van der Waals surface area contributed by atoms with Crippen LogP contribution in [0.25, 0.3) is 0 Å². The van der Waals surface area contributed by atoms with Crippen LogP contribution in [0.2, 0.25) is 0 Å². The van der Waals surface area contributed by atoms with E-state index in [1.807, 2.05) is 0 Å². The van der Waals surface area contributed by atoms with Crippen molar-refractivity contribution in [3.05, 3.63) is 82.6 Å². The molecule has 0 saturated heterocycles. The summed E-state index contributed by atoms with van der Waals surface area (Å²) in [4.78, 5) is 40.4. The molecule has 35 heavy (non-hydrogen) atoms. The van der Waals surface area contributed by atoms with Crippen molar-refractivity contribution in [1.82, 2.24) is 10.2 Å². The van der Waals surface area contributed by atoms with Crippen LogP contribution in [-0.4, -0.2) is 34.2 Å². The van der Waals surface area contributed by atoms with Gasteiger partial charge in [-0.3, -0.25) is 14.4 Å². The van der Waals surface area contributed by atoms with E-state index in [1.54, 1.807) is 19.2 Å². The summed E-state index contributed by atoms with van der Waals surface area (Å²) in [6, 6.07) is 8.60. The Morgan fingerprint density at radius 2 is 1.49 bits per heavy atom. The van der Waals surface area contributed by atoms with Crippen LogP contribution in [0.1, 0.15) is 42.6 Å². The number of amides is 2. The first-order valence-corrected chi connectivity index (χ1v) is 10.7. The minimum absolute atomic E-state index is 0.0226. The Kier molecular flexibility index (Phi) is 5.81. The molecule has 0 bridgehead atoms. The molecule has 1 heterocycles. The maximum Gasteiger partial charge on any atom is 0.425 e. The van der Waals surface area contributed by atoms with Crippen LogP contribution in [0.3, 0.4) is 0 Å². The largest absolute Gasteiger partial charge is 0.425 e. The average molecular weight is 492 g/mol. The van der Waals surface area contributed by atoms with Crippen LogP contribution in [-0.2, 0) is 16.1 Å². The zero-order chi connectivity index (χ0) is 25.8. The van der Waals surface area contributed by atoms with E-state index in [4.69, 9.17) is 0 Å². The van der Waals surface area contributed by atoms with Gasteiger partial charge in [0.2, 0.25) is 5.54 Å². The first kappa shape index (κ1) is 24.6. The third-order valence-corrected chi connectivity index (χ3v) is 6.21. The second-order valence-electron chi connectivity index (χ2n) is 9.49. The quantitative estimate of drug-likeness (QED) is 0.631. The molecule has 1 N–H and O–H groups in total. The predicted octanol–water partition coefficient (Wildman–Crippen LogP) is 4.68. The highest BCUT2D eigenvalue weighted by atomic mass is 19.4. The molecule has 1 aliphatic heterocycles. The van der Waals surface area contributed by atoms with Crippen molar-refractivity contribution in [2.45, 2.75) is 44.9 Å². The predicted molar refractivity (Wildman–Crippen MR) is 115 cm³/mol. The maximum absolute atomic E-state index is 14.8. The van der Waals surface area contributed by atoms with Crippen molar-refractivity contribution in [1.29, 1.82) is 0 Å². The van der Waals surface area contributed by atoms with E-state index in [0.717, 1.165) is 41.3 Å². The van der Waals surface area contributed by atoms with Crippen LogP contribution < -0.4 is 5.32 Å². The SMILES string of the molecule is CC1(C)CC(=O)C2=C(C1)N(Cc1ccc(F)cc1)C(=O)[C@@]2(NC(=O)c1ccc(F)cc1)C(F)(F)F. The summed E-state index contributed by atoms with van der Waals surface area (Å²) < 4.78 is 70.9. The lowest BCUT2D eigenvalue weighted by Crippen LogP contribution is -2.66. The van der Waals surface area contributed by atoms with Gasteiger partial charge in [-0.05, 0) is 53.8 Å². The third kappa shape index (κ3) is 4.21. The number of benzene rings is 2. The van der Waals surface area contributed by atoms with Gasteiger partial charge in [-0.15, -0.1) is 0 Å². The summed E-state index contributed by atoms with van der Waals surface area (Å²) in [6.45, 7) is 3.03. The summed E-state index contributed by atoms with van der Waals surface area (Å²) in [5.74, 6) is -4.98. The Bertz CT molecular complexity index is 1230. The van der Waals surface area contributed by atoms with Gasteiger partial charge in [0.05, 0.1) is 12.1 Å². The van der Waals surface area contributed by atoms with Crippen LogP contribution in [0, 0.1) is 17.0 Å². The van der Waals surface area contributed by atoms with Gasteiger partial charge in [0.1, 0.15) is 11.6 Å². The Labute approximate surface area is 197 Å². The molecule has 0 saturated carbocycles. The topological polar surface area (TPSA) is 66.5 Å². The van der Waals surface area contributed by atoms with E-state index in [2.05, 4.69) is 0 Å². The van der Waals surface area contributed by atoms with E-state index in [0.29, 0.717) is 5.56 Å².